The van der Waals surface area contributed by atoms with Crippen LogP contribution in [0.1, 0.15) is 23.9 Å². The van der Waals surface area contributed by atoms with E-state index in [1.807, 2.05) is 4.90 Å². The van der Waals surface area contributed by atoms with Crippen molar-refractivity contribution in [2.75, 3.05) is 51.3 Å². The van der Waals surface area contributed by atoms with Crippen LogP contribution in [0, 0.1) is 0 Å². The van der Waals surface area contributed by atoms with Gasteiger partial charge in [-0.05, 0) is 49.7 Å². The van der Waals surface area contributed by atoms with Gasteiger partial charge in [-0.15, -0.1) is 0 Å². The predicted molar refractivity (Wildman–Crippen MR) is 109 cm³/mol. The summed E-state index contributed by atoms with van der Waals surface area (Å²) in [7, 11) is -3.80. The third-order valence-electron chi connectivity index (χ3n) is 3.98. The molecule has 11 heteroatoms. The minimum absolute atomic E-state index is 0.121. The van der Waals surface area contributed by atoms with Crippen molar-refractivity contribution in [1.29, 1.82) is 0 Å². The summed E-state index contributed by atoms with van der Waals surface area (Å²) >= 11 is 7.16. The number of hydrogen-bond donors (Lipinski definition) is 1. The lowest BCUT2D eigenvalue weighted by Gasteiger charge is -2.35. The predicted octanol–water partition coefficient (Wildman–Crippen LogP) is 1.39. The van der Waals surface area contributed by atoms with Crippen molar-refractivity contribution in [1.82, 2.24) is 14.5 Å². The quantitative estimate of drug-likeness (QED) is 0.369. The third kappa shape index (κ3) is 5.84. The van der Waals surface area contributed by atoms with Crippen LogP contribution in [-0.2, 0) is 14.8 Å². The molecule has 2 heterocycles. The molecule has 27 heavy (non-hydrogen) atoms. The van der Waals surface area contributed by atoms with E-state index in [0.717, 1.165) is 18.7 Å². The molecule has 1 N–H and O–H groups in total. The van der Waals surface area contributed by atoms with Gasteiger partial charge in [0.25, 0.3) is 10.0 Å². The molecule has 2 rings (SSSR count). The van der Waals surface area contributed by atoms with E-state index in [1.165, 1.54) is 16.4 Å². The number of hydrogen-bond acceptors (Lipinski definition) is 7. The molecule has 1 aliphatic heterocycles. The molecule has 152 valence electrons. The summed E-state index contributed by atoms with van der Waals surface area (Å²) in [5, 5.41) is 3.60. The van der Waals surface area contributed by atoms with Crippen molar-refractivity contribution in [2.24, 2.45) is 0 Å². The Morgan fingerprint density at radius 1 is 1.33 bits per heavy atom. The van der Waals surface area contributed by atoms with Crippen LogP contribution < -0.4 is 5.32 Å². The number of nitrogens with zero attached hydrogens (tertiary/aromatic N) is 2. The molecule has 0 aliphatic carbocycles. The highest BCUT2D eigenvalue weighted by Gasteiger charge is 2.32. The van der Waals surface area contributed by atoms with Gasteiger partial charge in [-0.2, -0.15) is 16.1 Å². The van der Waals surface area contributed by atoms with E-state index < -0.39 is 16.0 Å². The maximum Gasteiger partial charge on any atom is 0.374 e. The van der Waals surface area contributed by atoms with Gasteiger partial charge in [-0.1, -0.05) is 0 Å². The van der Waals surface area contributed by atoms with Crippen molar-refractivity contribution in [3.8, 4) is 0 Å². The highest BCUT2D eigenvalue weighted by Crippen LogP contribution is 2.21. The first-order valence-corrected chi connectivity index (χ1v) is 11.9. The summed E-state index contributed by atoms with van der Waals surface area (Å²) in [6, 6.07) is 2.60. The molecule has 0 bridgehead atoms. The Balaban J connectivity index is 1.91. The lowest BCUT2D eigenvalue weighted by molar-refractivity contribution is 0.0483. The average molecular weight is 436 g/mol. The van der Waals surface area contributed by atoms with Gasteiger partial charge in [0.1, 0.15) is 0 Å². The number of thioether (sulfide) groups is 1. The van der Waals surface area contributed by atoms with Crippen LogP contribution in [0.4, 0.5) is 0 Å². The zero-order valence-corrected chi connectivity index (χ0v) is 17.9. The largest absolute Gasteiger partial charge is 0.460 e. The molecular formula is C16H25N3O5S3. The zero-order chi connectivity index (χ0) is 19.9. The molecule has 1 aromatic heterocycles. The molecule has 0 radical (unpaired) electrons. The van der Waals surface area contributed by atoms with Crippen LogP contribution in [0.15, 0.2) is 21.6 Å². The molecule has 1 aromatic rings. The average Bonchev–Trinajstić information content (AvgIpc) is 3.16. The second-order valence-electron chi connectivity index (χ2n) is 5.81. The summed E-state index contributed by atoms with van der Waals surface area (Å²) in [5.74, 6) is 0.268. The van der Waals surface area contributed by atoms with Gasteiger partial charge >= 0.3 is 5.97 Å². The fourth-order valence-corrected chi connectivity index (χ4v) is 4.60. The second kappa shape index (κ2) is 10.3. The first-order chi connectivity index (χ1) is 12.9. The Morgan fingerprint density at radius 3 is 2.67 bits per heavy atom. The normalized spacial score (nSPS) is 15.6. The molecule has 0 saturated carbocycles. The number of esters is 1. The van der Waals surface area contributed by atoms with Crippen molar-refractivity contribution in [2.45, 2.75) is 18.4 Å². The standard InChI is InChI=1S/C16H25N3O5S3/c1-3-23-15(20)13-5-6-14(24-13)27(21,22)19-10-8-18(9-11-19)16(25)17-7-4-12-26-2/h5-6H,3-4,7-12H2,1-2H3,(H,17,25). The number of nitrogens with one attached hydrogen (secondary N) is 1. The van der Waals surface area contributed by atoms with Crippen LogP contribution in [-0.4, -0.2) is 80.0 Å². The van der Waals surface area contributed by atoms with Gasteiger partial charge in [0.05, 0.1) is 6.61 Å². The second-order valence-corrected chi connectivity index (χ2v) is 9.05. The van der Waals surface area contributed by atoms with Crippen LogP contribution in [0.5, 0.6) is 0 Å². The number of thiocarbonyl (C=S) groups is 1. The van der Waals surface area contributed by atoms with E-state index in [0.29, 0.717) is 31.3 Å². The van der Waals surface area contributed by atoms with E-state index in [4.69, 9.17) is 21.4 Å². The Bertz CT molecular complexity index is 742. The van der Waals surface area contributed by atoms with Gasteiger partial charge in [0.2, 0.25) is 10.9 Å². The van der Waals surface area contributed by atoms with Gasteiger partial charge in [0, 0.05) is 32.7 Å². The van der Waals surface area contributed by atoms with Crippen molar-refractivity contribution in [3.05, 3.63) is 17.9 Å². The molecule has 0 unspecified atom stereocenters. The van der Waals surface area contributed by atoms with Gasteiger partial charge in [-0.3, -0.25) is 0 Å². The van der Waals surface area contributed by atoms with Crippen molar-refractivity contribution >= 4 is 45.1 Å². The Labute approximate surface area is 169 Å². The molecule has 1 saturated heterocycles. The minimum Gasteiger partial charge on any atom is -0.460 e. The fourth-order valence-electron chi connectivity index (χ4n) is 2.55. The molecule has 1 aliphatic rings. The van der Waals surface area contributed by atoms with Crippen LogP contribution in [0.3, 0.4) is 0 Å². The number of sulfonamides is 1. The molecule has 0 spiro atoms. The summed E-state index contributed by atoms with van der Waals surface area (Å²) in [6.45, 7) is 4.25. The van der Waals surface area contributed by atoms with Crippen molar-refractivity contribution < 1.29 is 22.4 Å². The smallest absolute Gasteiger partial charge is 0.374 e. The fraction of sp³-hybridized carbons (Fsp3) is 0.625. The van der Waals surface area contributed by atoms with Crippen LogP contribution in [0.2, 0.25) is 0 Å². The number of carbonyl (C=O) groups is 1. The lowest BCUT2D eigenvalue weighted by Crippen LogP contribution is -2.53. The molecule has 0 atom stereocenters. The number of ether oxygens (including phenoxy) is 1. The van der Waals surface area contributed by atoms with E-state index in [2.05, 4.69) is 11.6 Å². The minimum atomic E-state index is -3.80. The lowest BCUT2D eigenvalue weighted by atomic mass is 10.4. The Hall–Kier alpha value is -1.30. The monoisotopic (exact) mass is 435 g/mol. The molecule has 0 aromatic carbocycles. The van der Waals surface area contributed by atoms with Crippen LogP contribution in [0.25, 0.3) is 0 Å². The highest BCUT2D eigenvalue weighted by molar-refractivity contribution is 7.98. The van der Waals surface area contributed by atoms with E-state index in [9.17, 15) is 13.2 Å². The number of furan rings is 1. The molecule has 8 nitrogen and oxygen atoms in total. The number of piperazine rings is 1. The molecule has 0 amide bonds. The van der Waals surface area contributed by atoms with E-state index in [1.54, 1.807) is 18.7 Å². The highest BCUT2D eigenvalue weighted by atomic mass is 32.2. The van der Waals surface area contributed by atoms with Gasteiger partial charge in [0.15, 0.2) is 5.11 Å². The third-order valence-corrected chi connectivity index (χ3v) is 6.85. The van der Waals surface area contributed by atoms with Gasteiger partial charge < -0.3 is 19.4 Å². The van der Waals surface area contributed by atoms with E-state index in [-0.39, 0.29) is 17.5 Å². The summed E-state index contributed by atoms with van der Waals surface area (Å²) in [4.78, 5) is 13.6. The number of carbonyl (C=O) groups excluding carboxylic acids is 1. The zero-order valence-electron chi connectivity index (χ0n) is 15.5. The maximum atomic E-state index is 12.7. The summed E-state index contributed by atoms with van der Waals surface area (Å²) in [5.41, 5.74) is 0. The summed E-state index contributed by atoms with van der Waals surface area (Å²) in [6.07, 6.45) is 3.09. The van der Waals surface area contributed by atoms with Crippen molar-refractivity contribution in [3.63, 3.8) is 0 Å². The Kier molecular flexibility index (Phi) is 8.39. The van der Waals surface area contributed by atoms with Crippen LogP contribution >= 0.6 is 24.0 Å². The first-order valence-electron chi connectivity index (χ1n) is 8.69. The molecule has 1 fully saturated rings. The Morgan fingerprint density at radius 2 is 2.04 bits per heavy atom. The first kappa shape index (κ1) is 22.0. The van der Waals surface area contributed by atoms with Gasteiger partial charge in [-0.25, -0.2) is 13.2 Å². The SMILES string of the molecule is CCOC(=O)c1ccc(S(=O)(=O)N2CCN(C(=S)NCCCSC)CC2)o1. The topological polar surface area (TPSA) is 92.1 Å². The summed E-state index contributed by atoms with van der Waals surface area (Å²) < 4.78 is 36.8. The van der Waals surface area contributed by atoms with E-state index >= 15 is 0 Å². The molecular weight excluding hydrogens is 410 g/mol. The number of rotatable bonds is 8. The maximum absolute atomic E-state index is 12.7.